The third-order valence-corrected chi connectivity index (χ3v) is 6.85. The van der Waals surface area contributed by atoms with Crippen LogP contribution in [0.4, 0.5) is 5.13 Å². The first-order chi connectivity index (χ1) is 11.4. The lowest BCUT2D eigenvalue weighted by molar-refractivity contribution is -0.118. The van der Waals surface area contributed by atoms with Crippen LogP contribution in [0, 0.1) is 5.92 Å². The van der Waals surface area contributed by atoms with Gasteiger partial charge in [0.05, 0.1) is 0 Å². The van der Waals surface area contributed by atoms with E-state index in [-0.39, 0.29) is 21.3 Å². The summed E-state index contributed by atoms with van der Waals surface area (Å²) in [5.41, 5.74) is 2.18. The standard InChI is InChI=1S/C15H18N4O3S2/c1-10(2)13(20)16-14-17-18-15(23-14)24(21,22)19-8-7-11-5-3-4-6-12(11)9-19/h3-6,10H,7-9H2,1-2H3,(H,16,17,20). The maximum absolute atomic E-state index is 12.8. The molecule has 1 aliphatic heterocycles. The van der Waals surface area contributed by atoms with Crippen LogP contribution >= 0.6 is 11.3 Å². The number of amides is 1. The Morgan fingerprint density at radius 1 is 1.25 bits per heavy atom. The first kappa shape index (κ1) is 17.0. The van der Waals surface area contributed by atoms with Gasteiger partial charge in [-0.25, -0.2) is 8.42 Å². The highest BCUT2D eigenvalue weighted by atomic mass is 32.2. The molecule has 1 aromatic carbocycles. The fourth-order valence-electron chi connectivity index (χ4n) is 2.40. The van der Waals surface area contributed by atoms with Gasteiger partial charge in [-0.2, -0.15) is 4.31 Å². The summed E-state index contributed by atoms with van der Waals surface area (Å²) >= 11 is 0.877. The van der Waals surface area contributed by atoms with E-state index in [0.29, 0.717) is 19.5 Å². The van der Waals surface area contributed by atoms with Crippen LogP contribution in [-0.2, 0) is 27.8 Å². The summed E-state index contributed by atoms with van der Waals surface area (Å²) in [4.78, 5) is 11.7. The molecule has 0 unspecified atom stereocenters. The molecule has 0 bridgehead atoms. The van der Waals surface area contributed by atoms with E-state index >= 15 is 0 Å². The number of hydrogen-bond donors (Lipinski definition) is 1. The third-order valence-electron chi connectivity index (χ3n) is 3.82. The lowest BCUT2D eigenvalue weighted by Gasteiger charge is -2.26. The molecule has 0 atom stereocenters. The highest BCUT2D eigenvalue weighted by Gasteiger charge is 2.31. The van der Waals surface area contributed by atoms with Gasteiger partial charge in [-0.05, 0) is 17.5 Å². The molecular weight excluding hydrogens is 348 g/mol. The van der Waals surface area contributed by atoms with Crippen LogP contribution in [0.3, 0.4) is 0 Å². The summed E-state index contributed by atoms with van der Waals surface area (Å²) in [6.07, 6.45) is 0.672. The molecular formula is C15H18N4O3S2. The monoisotopic (exact) mass is 366 g/mol. The van der Waals surface area contributed by atoms with Crippen molar-refractivity contribution in [2.45, 2.75) is 31.2 Å². The van der Waals surface area contributed by atoms with Crippen molar-refractivity contribution in [1.82, 2.24) is 14.5 Å². The molecule has 0 spiro atoms. The molecule has 1 aromatic heterocycles. The smallest absolute Gasteiger partial charge is 0.272 e. The highest BCUT2D eigenvalue weighted by Crippen LogP contribution is 2.28. The van der Waals surface area contributed by atoms with Crippen molar-refractivity contribution in [2.24, 2.45) is 5.92 Å². The number of nitrogens with one attached hydrogen (secondary N) is 1. The zero-order chi connectivity index (χ0) is 17.3. The topological polar surface area (TPSA) is 92.3 Å². The molecule has 2 heterocycles. The fourth-order valence-corrected chi connectivity index (χ4v) is 4.86. The van der Waals surface area contributed by atoms with Gasteiger partial charge in [0.2, 0.25) is 15.4 Å². The molecule has 1 amide bonds. The summed E-state index contributed by atoms with van der Waals surface area (Å²) in [7, 11) is -3.71. The van der Waals surface area contributed by atoms with Crippen molar-refractivity contribution in [3.8, 4) is 0 Å². The molecule has 0 aliphatic carbocycles. The van der Waals surface area contributed by atoms with Crippen LogP contribution in [0.25, 0.3) is 0 Å². The number of hydrogen-bond acceptors (Lipinski definition) is 6. The molecule has 1 aliphatic rings. The van der Waals surface area contributed by atoms with Gasteiger partial charge in [-0.1, -0.05) is 49.4 Å². The zero-order valence-electron chi connectivity index (χ0n) is 13.4. The zero-order valence-corrected chi connectivity index (χ0v) is 15.0. The molecule has 1 N–H and O–H groups in total. The van der Waals surface area contributed by atoms with Gasteiger partial charge in [0.1, 0.15) is 0 Å². The number of benzene rings is 1. The molecule has 7 nitrogen and oxygen atoms in total. The first-order valence-electron chi connectivity index (χ1n) is 7.59. The van der Waals surface area contributed by atoms with Gasteiger partial charge in [0.25, 0.3) is 10.0 Å². The predicted molar refractivity (Wildman–Crippen MR) is 91.1 cm³/mol. The van der Waals surface area contributed by atoms with Gasteiger partial charge in [0, 0.05) is 19.0 Å². The second kappa shape index (κ2) is 6.58. The van der Waals surface area contributed by atoms with E-state index in [1.807, 2.05) is 24.3 Å². The van der Waals surface area contributed by atoms with Crippen molar-refractivity contribution in [3.05, 3.63) is 35.4 Å². The Balaban J connectivity index is 1.79. The predicted octanol–water partition coefficient (Wildman–Crippen LogP) is 1.88. The lowest BCUT2D eigenvalue weighted by atomic mass is 10.0. The highest BCUT2D eigenvalue weighted by molar-refractivity contribution is 7.91. The first-order valence-corrected chi connectivity index (χ1v) is 9.85. The minimum absolute atomic E-state index is 0.0964. The van der Waals surface area contributed by atoms with Gasteiger partial charge in [-0.3, -0.25) is 4.79 Å². The van der Waals surface area contributed by atoms with E-state index in [1.54, 1.807) is 13.8 Å². The number of fused-ring (bicyclic) bond motifs is 1. The quantitative estimate of drug-likeness (QED) is 0.834. The van der Waals surface area contributed by atoms with Gasteiger partial charge in [-0.15, -0.1) is 10.2 Å². The van der Waals surface area contributed by atoms with Crippen molar-refractivity contribution in [1.29, 1.82) is 0 Å². The van der Waals surface area contributed by atoms with Crippen molar-refractivity contribution >= 4 is 32.4 Å². The Hall–Kier alpha value is -1.84. The molecule has 3 rings (SSSR count). The van der Waals surface area contributed by atoms with Crippen molar-refractivity contribution < 1.29 is 13.2 Å². The summed E-state index contributed by atoms with van der Waals surface area (Å²) in [6, 6.07) is 7.81. The Bertz CT molecular complexity index is 861. The average molecular weight is 366 g/mol. The number of nitrogens with zero attached hydrogens (tertiary/aromatic N) is 3. The Morgan fingerprint density at radius 2 is 1.96 bits per heavy atom. The number of carbonyl (C=O) groups excluding carboxylic acids is 1. The Kier molecular flexibility index (Phi) is 4.66. The molecule has 9 heteroatoms. The maximum Gasteiger partial charge on any atom is 0.272 e. The molecule has 128 valence electrons. The van der Waals surface area contributed by atoms with E-state index in [0.717, 1.165) is 16.9 Å². The largest absolute Gasteiger partial charge is 0.300 e. The minimum Gasteiger partial charge on any atom is -0.300 e. The molecule has 0 radical (unpaired) electrons. The molecule has 0 saturated heterocycles. The van der Waals surface area contributed by atoms with Crippen LogP contribution in [0.5, 0.6) is 0 Å². The average Bonchev–Trinajstić information content (AvgIpc) is 3.03. The SMILES string of the molecule is CC(C)C(=O)Nc1nnc(S(=O)(=O)N2CCc3ccccc3C2)s1. The van der Waals surface area contributed by atoms with E-state index < -0.39 is 10.0 Å². The number of carbonyl (C=O) groups is 1. The van der Waals surface area contributed by atoms with Crippen LogP contribution in [0.1, 0.15) is 25.0 Å². The molecule has 0 fully saturated rings. The van der Waals surface area contributed by atoms with E-state index in [2.05, 4.69) is 15.5 Å². The normalized spacial score (nSPS) is 15.3. The van der Waals surface area contributed by atoms with Crippen molar-refractivity contribution in [3.63, 3.8) is 0 Å². The third kappa shape index (κ3) is 3.33. The van der Waals surface area contributed by atoms with Crippen LogP contribution in [0.15, 0.2) is 28.6 Å². The van der Waals surface area contributed by atoms with E-state index in [4.69, 9.17) is 0 Å². The number of aromatic nitrogens is 2. The summed E-state index contributed by atoms with van der Waals surface area (Å²) < 4.78 is 26.8. The van der Waals surface area contributed by atoms with E-state index in [1.165, 1.54) is 9.87 Å². The Labute approximate surface area is 144 Å². The number of sulfonamides is 1. The second-order valence-corrected chi connectivity index (χ2v) is 8.96. The van der Waals surface area contributed by atoms with Crippen molar-refractivity contribution in [2.75, 3.05) is 11.9 Å². The van der Waals surface area contributed by atoms with Crippen LogP contribution in [-0.4, -0.2) is 35.4 Å². The maximum atomic E-state index is 12.8. The summed E-state index contributed by atoms with van der Waals surface area (Å²) in [5.74, 6) is -0.436. The number of rotatable bonds is 4. The Morgan fingerprint density at radius 3 is 2.67 bits per heavy atom. The fraction of sp³-hybridized carbons (Fsp3) is 0.400. The molecule has 24 heavy (non-hydrogen) atoms. The minimum atomic E-state index is -3.71. The summed E-state index contributed by atoms with van der Waals surface area (Å²) in [5, 5.41) is 10.3. The van der Waals surface area contributed by atoms with Gasteiger partial charge < -0.3 is 5.32 Å². The summed E-state index contributed by atoms with van der Waals surface area (Å²) in [6.45, 7) is 4.23. The lowest BCUT2D eigenvalue weighted by Crippen LogP contribution is -2.35. The second-order valence-electron chi connectivity index (χ2n) is 5.87. The number of anilines is 1. The van der Waals surface area contributed by atoms with Gasteiger partial charge in [0.15, 0.2) is 0 Å². The molecule has 2 aromatic rings. The van der Waals surface area contributed by atoms with Crippen LogP contribution in [0.2, 0.25) is 0 Å². The molecule has 0 saturated carbocycles. The van der Waals surface area contributed by atoms with Crippen LogP contribution < -0.4 is 5.32 Å². The van der Waals surface area contributed by atoms with E-state index in [9.17, 15) is 13.2 Å². The van der Waals surface area contributed by atoms with Gasteiger partial charge >= 0.3 is 0 Å².